The fraction of sp³-hybridized carbons (Fsp3) is 0.385. The summed E-state index contributed by atoms with van der Waals surface area (Å²) < 4.78 is 0. The second-order valence-corrected chi connectivity index (χ2v) is 9.24. The second-order valence-electron chi connectivity index (χ2n) is 9.24. The molecule has 2 aromatic carbocycles. The number of piperazine rings is 1. The van der Waals surface area contributed by atoms with Gasteiger partial charge in [-0.3, -0.25) is 14.5 Å². The van der Waals surface area contributed by atoms with Crippen LogP contribution in [-0.4, -0.2) is 77.3 Å². The van der Waals surface area contributed by atoms with Crippen LogP contribution in [0.1, 0.15) is 23.7 Å². The summed E-state index contributed by atoms with van der Waals surface area (Å²) in [5.74, 6) is -0.142. The second kappa shape index (κ2) is 7.71. The number of aromatic nitrogens is 1. The van der Waals surface area contributed by atoms with Crippen molar-refractivity contribution in [2.45, 2.75) is 18.9 Å². The van der Waals surface area contributed by atoms with E-state index in [9.17, 15) is 9.59 Å². The summed E-state index contributed by atoms with van der Waals surface area (Å²) in [7, 11) is 0. The maximum Gasteiger partial charge on any atom is 0.261 e. The van der Waals surface area contributed by atoms with Crippen molar-refractivity contribution in [2.24, 2.45) is 0 Å². The average molecular weight is 444 g/mol. The Morgan fingerprint density at radius 2 is 1.70 bits per heavy atom. The van der Waals surface area contributed by atoms with Gasteiger partial charge in [-0.2, -0.15) is 0 Å². The van der Waals surface area contributed by atoms with Gasteiger partial charge in [0, 0.05) is 54.9 Å². The molecule has 4 heterocycles. The quantitative estimate of drug-likeness (QED) is 0.652. The molecular formula is C26H29N5O2. The Kier molecular flexibility index (Phi) is 4.78. The molecule has 1 fully saturated rings. The first-order valence-corrected chi connectivity index (χ1v) is 11.9. The summed E-state index contributed by atoms with van der Waals surface area (Å²) >= 11 is 0. The zero-order chi connectivity index (χ0) is 22.6. The molecule has 2 N–H and O–H groups in total. The first-order valence-electron chi connectivity index (χ1n) is 11.9. The van der Waals surface area contributed by atoms with Crippen LogP contribution in [0, 0.1) is 0 Å². The summed E-state index contributed by atoms with van der Waals surface area (Å²) in [5, 5.41) is 4.20. The largest absolute Gasteiger partial charge is 0.355 e. The van der Waals surface area contributed by atoms with Crippen molar-refractivity contribution in [1.82, 2.24) is 19.7 Å². The normalized spacial score (nSPS) is 23.1. The highest BCUT2D eigenvalue weighted by atomic mass is 16.2. The van der Waals surface area contributed by atoms with Gasteiger partial charge in [-0.15, -0.1) is 0 Å². The van der Waals surface area contributed by atoms with Crippen molar-refractivity contribution in [2.75, 3.05) is 51.1 Å². The highest BCUT2D eigenvalue weighted by molar-refractivity contribution is 6.11. The zero-order valence-corrected chi connectivity index (χ0v) is 18.9. The molecule has 0 radical (unpaired) electrons. The first-order chi connectivity index (χ1) is 16.1. The predicted molar refractivity (Wildman–Crippen MR) is 128 cm³/mol. The van der Waals surface area contributed by atoms with Crippen LogP contribution >= 0.6 is 0 Å². The van der Waals surface area contributed by atoms with Crippen LogP contribution in [0.4, 0.5) is 5.69 Å². The number of nitrogens with one attached hydrogen (secondary N) is 2. The van der Waals surface area contributed by atoms with E-state index in [4.69, 9.17) is 0 Å². The van der Waals surface area contributed by atoms with Crippen LogP contribution in [0.5, 0.6) is 0 Å². The van der Waals surface area contributed by atoms with Crippen molar-refractivity contribution < 1.29 is 9.59 Å². The molecule has 1 saturated heterocycles. The van der Waals surface area contributed by atoms with E-state index in [2.05, 4.69) is 33.1 Å². The Morgan fingerprint density at radius 1 is 0.970 bits per heavy atom. The number of anilines is 1. The molecule has 1 atom stereocenters. The number of fused-ring (bicyclic) bond motifs is 6. The number of amides is 2. The number of likely N-dealkylation sites (N-methyl/N-ethyl adjacent to an activating group) is 1. The Balaban J connectivity index is 1.44. The third-order valence-electron chi connectivity index (χ3n) is 7.63. The van der Waals surface area contributed by atoms with Crippen molar-refractivity contribution >= 4 is 28.4 Å². The lowest BCUT2D eigenvalue weighted by atomic mass is 9.79. The average Bonchev–Trinajstić information content (AvgIpc) is 3.36. The molecule has 7 heteroatoms. The molecule has 2 amide bonds. The molecule has 3 aliphatic rings. The molecule has 0 bridgehead atoms. The molecule has 6 rings (SSSR count). The fourth-order valence-electron chi connectivity index (χ4n) is 5.91. The summed E-state index contributed by atoms with van der Waals surface area (Å²) in [6.07, 6.45) is 0.728. The van der Waals surface area contributed by atoms with Crippen LogP contribution < -0.4 is 5.32 Å². The third-order valence-corrected chi connectivity index (χ3v) is 7.63. The molecule has 0 unspecified atom stereocenters. The van der Waals surface area contributed by atoms with E-state index in [1.807, 2.05) is 47.4 Å². The Hall–Kier alpha value is -3.16. The molecule has 3 aromatic rings. The maximum atomic E-state index is 13.8. The molecule has 1 aromatic heterocycles. The summed E-state index contributed by atoms with van der Waals surface area (Å²) in [6, 6.07) is 15.9. The van der Waals surface area contributed by atoms with Gasteiger partial charge in [0.15, 0.2) is 5.54 Å². The summed E-state index contributed by atoms with van der Waals surface area (Å²) in [4.78, 5) is 37.6. The van der Waals surface area contributed by atoms with E-state index in [1.165, 1.54) is 0 Å². The van der Waals surface area contributed by atoms with Crippen molar-refractivity contribution in [3.05, 3.63) is 65.4 Å². The van der Waals surface area contributed by atoms with Crippen LogP contribution in [0.25, 0.3) is 10.9 Å². The minimum Gasteiger partial charge on any atom is -0.355 e. The van der Waals surface area contributed by atoms with Crippen molar-refractivity contribution in [3.63, 3.8) is 0 Å². The highest BCUT2D eigenvalue weighted by Crippen LogP contribution is 2.49. The van der Waals surface area contributed by atoms with E-state index < -0.39 is 5.54 Å². The molecule has 1 spiro atoms. The Morgan fingerprint density at radius 3 is 2.52 bits per heavy atom. The van der Waals surface area contributed by atoms with Crippen LogP contribution in [0.3, 0.4) is 0 Å². The van der Waals surface area contributed by atoms with Crippen LogP contribution in [-0.2, 0) is 21.5 Å². The Bertz CT molecular complexity index is 1240. The first kappa shape index (κ1) is 20.4. The minimum absolute atomic E-state index is 0.0103. The smallest absolute Gasteiger partial charge is 0.261 e. The molecule has 170 valence electrons. The number of aromatic amines is 1. The topological polar surface area (TPSA) is 71.7 Å². The number of para-hydroxylation sites is 2. The summed E-state index contributed by atoms with van der Waals surface area (Å²) in [5.41, 5.74) is 3.45. The predicted octanol–water partition coefficient (Wildman–Crippen LogP) is 2.39. The maximum absolute atomic E-state index is 13.8. The van der Waals surface area contributed by atoms with Gasteiger partial charge in [-0.25, -0.2) is 0 Å². The van der Waals surface area contributed by atoms with E-state index in [0.29, 0.717) is 13.1 Å². The monoisotopic (exact) mass is 443 g/mol. The molecule has 0 saturated carbocycles. The number of hydrogen-bond acceptors (Lipinski definition) is 4. The molecule has 3 aliphatic heterocycles. The number of hydrogen-bond donors (Lipinski definition) is 2. The van der Waals surface area contributed by atoms with Gasteiger partial charge < -0.3 is 20.1 Å². The number of nitrogens with zero attached hydrogens (tertiary/aromatic N) is 3. The van der Waals surface area contributed by atoms with Crippen molar-refractivity contribution in [3.8, 4) is 0 Å². The SMILES string of the molecule is CCN1CCN(CC(=O)N2CCc3c([nH]c4ccccc34)[C@@]23C(=O)Nc2ccccc23)CC1. The molecule has 33 heavy (non-hydrogen) atoms. The molecule has 7 nitrogen and oxygen atoms in total. The van der Waals surface area contributed by atoms with Gasteiger partial charge in [0.1, 0.15) is 0 Å². The zero-order valence-electron chi connectivity index (χ0n) is 18.9. The van der Waals surface area contributed by atoms with Crippen LogP contribution in [0.2, 0.25) is 0 Å². The molecule has 0 aliphatic carbocycles. The van der Waals surface area contributed by atoms with Gasteiger partial charge in [0.25, 0.3) is 5.91 Å². The fourth-order valence-corrected chi connectivity index (χ4v) is 5.91. The highest BCUT2D eigenvalue weighted by Gasteiger charge is 2.58. The van der Waals surface area contributed by atoms with E-state index in [-0.39, 0.29) is 11.8 Å². The van der Waals surface area contributed by atoms with E-state index in [1.54, 1.807) is 0 Å². The molecular weight excluding hydrogens is 414 g/mol. The lowest BCUT2D eigenvalue weighted by molar-refractivity contribution is -0.145. The van der Waals surface area contributed by atoms with Gasteiger partial charge >= 0.3 is 0 Å². The van der Waals surface area contributed by atoms with Gasteiger partial charge in [0.05, 0.1) is 12.2 Å². The number of rotatable bonds is 3. The van der Waals surface area contributed by atoms with Gasteiger partial charge in [0.2, 0.25) is 5.91 Å². The van der Waals surface area contributed by atoms with E-state index >= 15 is 0 Å². The number of carbonyl (C=O) groups is 2. The van der Waals surface area contributed by atoms with E-state index in [0.717, 1.165) is 72.6 Å². The lowest BCUT2D eigenvalue weighted by Crippen LogP contribution is -2.60. The number of carbonyl (C=O) groups excluding carboxylic acids is 2. The summed E-state index contributed by atoms with van der Waals surface area (Å²) in [6.45, 7) is 7.77. The third kappa shape index (κ3) is 2.96. The number of H-pyrrole nitrogens is 1. The van der Waals surface area contributed by atoms with Gasteiger partial charge in [-0.1, -0.05) is 43.3 Å². The minimum atomic E-state index is -1.16. The standard InChI is InChI=1S/C26H29N5O2/c1-2-29-13-15-30(16-14-29)17-23(32)31-12-11-19-18-7-3-5-9-21(18)27-24(19)26(31)20-8-4-6-10-22(20)28-25(26)33/h3-10,27H,2,11-17H2,1H3,(H,28,33)/t26-/m0/s1. The van der Waals surface area contributed by atoms with Crippen LogP contribution in [0.15, 0.2) is 48.5 Å². The number of benzene rings is 2. The van der Waals surface area contributed by atoms with Gasteiger partial charge in [-0.05, 0) is 30.7 Å². The lowest BCUT2D eigenvalue weighted by Gasteiger charge is -2.44. The Labute approximate surface area is 193 Å². The van der Waals surface area contributed by atoms with Crippen molar-refractivity contribution in [1.29, 1.82) is 0 Å².